The molecule has 1 aliphatic heterocycles. The average molecular weight is 271 g/mol. The number of hydrogen-bond donors (Lipinski definition) is 0. The van der Waals surface area contributed by atoms with Crippen LogP contribution in [0.25, 0.3) is 0 Å². The Kier molecular flexibility index (Phi) is 3.99. The quantitative estimate of drug-likeness (QED) is 0.842. The van der Waals surface area contributed by atoms with Gasteiger partial charge in [-0.15, -0.1) is 0 Å². The summed E-state index contributed by atoms with van der Waals surface area (Å²) in [4.78, 5) is 9.54. The maximum Gasteiger partial charge on any atom is 0.187 e. The summed E-state index contributed by atoms with van der Waals surface area (Å²) in [5.74, 6) is -0.285. The Bertz CT molecular complexity index is 456. The van der Waals surface area contributed by atoms with E-state index >= 15 is 0 Å². The third kappa shape index (κ3) is 2.83. The summed E-state index contributed by atoms with van der Waals surface area (Å²) in [6.07, 6.45) is 1.66. The van der Waals surface area contributed by atoms with Gasteiger partial charge in [-0.2, -0.15) is 0 Å². The van der Waals surface area contributed by atoms with Gasteiger partial charge in [0.25, 0.3) is 0 Å². The zero-order valence-corrected chi connectivity index (χ0v) is 11.5. The van der Waals surface area contributed by atoms with E-state index in [0.717, 1.165) is 0 Å². The summed E-state index contributed by atoms with van der Waals surface area (Å²) in [5.41, 5.74) is -1.06. The average Bonchev–Trinajstić information content (AvgIpc) is 2.72. The summed E-state index contributed by atoms with van der Waals surface area (Å²) in [6.45, 7) is 4.29. The van der Waals surface area contributed by atoms with E-state index in [1.807, 2.05) is 13.8 Å². The van der Waals surface area contributed by atoms with Gasteiger partial charge in [0, 0.05) is 20.1 Å². The summed E-state index contributed by atoms with van der Waals surface area (Å²) >= 11 is 0. The van der Waals surface area contributed by atoms with E-state index in [4.69, 9.17) is 4.74 Å². The lowest BCUT2D eigenvalue weighted by Crippen LogP contribution is -2.34. The standard InChI is InChI=1S/C13H19F2N3O/c1-9(2)11-10(14)12(17-8-16-11)18-5-4-13(15,6-18)7-19-3/h8-9H,4-7H2,1-3H3. The highest BCUT2D eigenvalue weighted by molar-refractivity contribution is 5.43. The van der Waals surface area contributed by atoms with Crippen LogP contribution in [-0.4, -0.2) is 42.4 Å². The maximum atomic E-state index is 14.3. The topological polar surface area (TPSA) is 38.2 Å². The third-order valence-electron chi connectivity index (χ3n) is 3.35. The first-order valence-electron chi connectivity index (χ1n) is 6.40. The molecule has 0 saturated carbocycles. The monoisotopic (exact) mass is 271 g/mol. The number of aromatic nitrogens is 2. The fourth-order valence-electron chi connectivity index (χ4n) is 2.39. The van der Waals surface area contributed by atoms with Crippen LogP contribution in [0.15, 0.2) is 6.33 Å². The van der Waals surface area contributed by atoms with Gasteiger partial charge in [-0.25, -0.2) is 18.7 Å². The van der Waals surface area contributed by atoms with Crippen LogP contribution >= 0.6 is 0 Å². The fraction of sp³-hybridized carbons (Fsp3) is 0.692. The Hall–Kier alpha value is -1.30. The Morgan fingerprint density at radius 1 is 1.47 bits per heavy atom. The van der Waals surface area contributed by atoms with E-state index in [-0.39, 0.29) is 24.9 Å². The van der Waals surface area contributed by atoms with Crippen LogP contribution in [0.3, 0.4) is 0 Å². The van der Waals surface area contributed by atoms with Gasteiger partial charge >= 0.3 is 0 Å². The zero-order valence-electron chi connectivity index (χ0n) is 11.5. The van der Waals surface area contributed by atoms with Crippen LogP contribution in [0.4, 0.5) is 14.6 Å². The van der Waals surface area contributed by atoms with Crippen LogP contribution in [-0.2, 0) is 4.74 Å². The Morgan fingerprint density at radius 2 is 2.21 bits per heavy atom. The van der Waals surface area contributed by atoms with Crippen LogP contribution in [0.1, 0.15) is 31.9 Å². The number of hydrogen-bond acceptors (Lipinski definition) is 4. The predicted molar refractivity (Wildman–Crippen MR) is 68.6 cm³/mol. The molecular formula is C13H19F2N3O. The molecule has 1 aromatic rings. The minimum absolute atomic E-state index is 0.0211. The second kappa shape index (κ2) is 5.36. The Balaban J connectivity index is 2.22. The number of methoxy groups -OCH3 is 1. The molecule has 0 aromatic carbocycles. The highest BCUT2D eigenvalue weighted by Crippen LogP contribution is 2.31. The summed E-state index contributed by atoms with van der Waals surface area (Å²) in [6, 6.07) is 0. The normalized spacial score (nSPS) is 23.4. The molecule has 1 fully saturated rings. The van der Waals surface area contributed by atoms with Crippen LogP contribution in [0, 0.1) is 5.82 Å². The Labute approximate surface area is 111 Å². The molecule has 0 radical (unpaired) electrons. The van der Waals surface area contributed by atoms with E-state index in [0.29, 0.717) is 18.7 Å². The zero-order chi connectivity index (χ0) is 14.0. The van der Waals surface area contributed by atoms with Gasteiger partial charge in [0.05, 0.1) is 18.8 Å². The van der Waals surface area contributed by atoms with Gasteiger partial charge in [-0.1, -0.05) is 13.8 Å². The first-order valence-corrected chi connectivity index (χ1v) is 6.40. The number of halogens is 2. The van der Waals surface area contributed by atoms with Gasteiger partial charge in [-0.05, 0) is 5.92 Å². The van der Waals surface area contributed by atoms with Crippen molar-refractivity contribution in [2.45, 2.75) is 31.9 Å². The summed E-state index contributed by atoms with van der Waals surface area (Å²) in [7, 11) is 1.46. The molecule has 1 atom stereocenters. The molecule has 1 saturated heterocycles. The highest BCUT2D eigenvalue weighted by Gasteiger charge is 2.40. The van der Waals surface area contributed by atoms with Gasteiger partial charge in [0.2, 0.25) is 0 Å². The van der Waals surface area contributed by atoms with Crippen molar-refractivity contribution >= 4 is 5.82 Å². The van der Waals surface area contributed by atoms with Crippen molar-refractivity contribution in [3.8, 4) is 0 Å². The lowest BCUT2D eigenvalue weighted by atomic mass is 10.1. The molecule has 1 aliphatic rings. The number of anilines is 1. The van der Waals surface area contributed by atoms with Crippen LogP contribution < -0.4 is 4.90 Å². The molecule has 2 heterocycles. The second-order valence-electron chi connectivity index (χ2n) is 5.31. The van der Waals surface area contributed by atoms with Crippen molar-refractivity contribution in [3.05, 3.63) is 17.8 Å². The summed E-state index contributed by atoms with van der Waals surface area (Å²) < 4.78 is 33.5. The van der Waals surface area contributed by atoms with Crippen molar-refractivity contribution in [2.24, 2.45) is 0 Å². The fourth-order valence-corrected chi connectivity index (χ4v) is 2.39. The number of alkyl halides is 1. The molecule has 0 N–H and O–H groups in total. The highest BCUT2D eigenvalue weighted by atomic mass is 19.1. The van der Waals surface area contributed by atoms with E-state index in [9.17, 15) is 8.78 Å². The van der Waals surface area contributed by atoms with Gasteiger partial charge < -0.3 is 9.64 Å². The molecule has 4 nitrogen and oxygen atoms in total. The first-order chi connectivity index (χ1) is 8.97. The van der Waals surface area contributed by atoms with E-state index < -0.39 is 11.5 Å². The molecule has 1 aromatic heterocycles. The van der Waals surface area contributed by atoms with Crippen molar-refractivity contribution in [1.82, 2.24) is 9.97 Å². The SMILES string of the molecule is COCC1(F)CCN(c2ncnc(C(C)C)c2F)C1. The minimum Gasteiger partial charge on any atom is -0.381 e. The van der Waals surface area contributed by atoms with Gasteiger partial charge in [0.1, 0.15) is 6.33 Å². The van der Waals surface area contributed by atoms with Crippen molar-refractivity contribution < 1.29 is 13.5 Å². The third-order valence-corrected chi connectivity index (χ3v) is 3.35. The van der Waals surface area contributed by atoms with Crippen LogP contribution in [0.5, 0.6) is 0 Å². The molecular weight excluding hydrogens is 252 g/mol. The lowest BCUT2D eigenvalue weighted by Gasteiger charge is -2.21. The molecule has 0 amide bonds. The first kappa shape index (κ1) is 14.1. The molecule has 2 rings (SSSR count). The van der Waals surface area contributed by atoms with E-state index in [1.165, 1.54) is 13.4 Å². The largest absolute Gasteiger partial charge is 0.381 e. The molecule has 6 heteroatoms. The molecule has 19 heavy (non-hydrogen) atoms. The summed E-state index contributed by atoms with van der Waals surface area (Å²) in [5, 5.41) is 0. The van der Waals surface area contributed by atoms with E-state index in [2.05, 4.69) is 9.97 Å². The molecule has 0 bridgehead atoms. The number of ether oxygens (including phenoxy) is 1. The van der Waals surface area contributed by atoms with Crippen LogP contribution in [0.2, 0.25) is 0 Å². The number of nitrogens with zero attached hydrogens (tertiary/aromatic N) is 3. The predicted octanol–water partition coefficient (Wildman–Crippen LogP) is 2.30. The van der Waals surface area contributed by atoms with Gasteiger partial charge in [-0.3, -0.25) is 0 Å². The van der Waals surface area contributed by atoms with Crippen molar-refractivity contribution in [3.63, 3.8) is 0 Å². The maximum absolute atomic E-state index is 14.3. The molecule has 0 spiro atoms. The Morgan fingerprint density at radius 3 is 2.84 bits per heavy atom. The number of rotatable bonds is 4. The molecule has 0 aliphatic carbocycles. The minimum atomic E-state index is -1.43. The lowest BCUT2D eigenvalue weighted by molar-refractivity contribution is 0.0570. The molecule has 1 unspecified atom stereocenters. The van der Waals surface area contributed by atoms with E-state index in [1.54, 1.807) is 4.90 Å². The smallest absolute Gasteiger partial charge is 0.187 e. The van der Waals surface area contributed by atoms with Crippen molar-refractivity contribution in [2.75, 3.05) is 31.7 Å². The van der Waals surface area contributed by atoms with Crippen molar-refractivity contribution in [1.29, 1.82) is 0 Å². The molecule has 106 valence electrons. The van der Waals surface area contributed by atoms with Gasteiger partial charge in [0.15, 0.2) is 17.3 Å². The second-order valence-corrected chi connectivity index (χ2v) is 5.31.